The van der Waals surface area contributed by atoms with Crippen molar-refractivity contribution in [3.63, 3.8) is 0 Å². The first kappa shape index (κ1) is 16.5. The fourth-order valence-electron chi connectivity index (χ4n) is 2.77. The summed E-state index contributed by atoms with van der Waals surface area (Å²) in [5, 5.41) is 9.58. The third-order valence-electron chi connectivity index (χ3n) is 3.78. The van der Waals surface area contributed by atoms with Crippen LogP contribution in [-0.2, 0) is 16.6 Å². The van der Waals surface area contributed by atoms with E-state index in [1.807, 2.05) is 0 Å². The second-order valence-corrected chi connectivity index (χ2v) is 7.61. The summed E-state index contributed by atoms with van der Waals surface area (Å²) in [6.45, 7) is 1.77. The lowest BCUT2D eigenvalue weighted by atomic mass is 10.1. The number of methoxy groups -OCH3 is 1. The largest absolute Gasteiger partial charge is 0.495 e. The van der Waals surface area contributed by atoms with E-state index in [1.165, 1.54) is 19.2 Å². The highest BCUT2D eigenvalue weighted by molar-refractivity contribution is 7.89. The smallest absolute Gasteiger partial charge is 0.244 e. The minimum atomic E-state index is -3.74. The molecule has 1 aromatic carbocycles. The van der Waals surface area contributed by atoms with Gasteiger partial charge in [-0.1, -0.05) is 18.5 Å². The number of benzene rings is 1. The molecule has 0 aliphatic heterocycles. The van der Waals surface area contributed by atoms with Crippen LogP contribution in [0.15, 0.2) is 17.0 Å². The number of ether oxygens (including phenoxy) is 1. The Hall–Kier alpha value is -0.820. The molecule has 1 saturated carbocycles. The van der Waals surface area contributed by atoms with Crippen LogP contribution in [0.5, 0.6) is 5.75 Å². The molecule has 0 aromatic heterocycles. The molecule has 2 N–H and O–H groups in total. The minimum Gasteiger partial charge on any atom is -0.495 e. The van der Waals surface area contributed by atoms with Gasteiger partial charge in [0.15, 0.2) is 0 Å². The van der Waals surface area contributed by atoms with Crippen LogP contribution in [0.1, 0.15) is 31.7 Å². The zero-order valence-corrected chi connectivity index (χ0v) is 13.7. The maximum absolute atomic E-state index is 12.6. The van der Waals surface area contributed by atoms with Gasteiger partial charge >= 0.3 is 0 Å². The summed E-state index contributed by atoms with van der Waals surface area (Å²) in [5.41, 5.74) is 0.352. The normalized spacial score (nSPS) is 22.5. The van der Waals surface area contributed by atoms with E-state index in [2.05, 4.69) is 11.6 Å². The number of aliphatic hydroxyl groups is 1. The highest BCUT2D eigenvalue weighted by Gasteiger charge is 2.29. The summed E-state index contributed by atoms with van der Waals surface area (Å²) in [4.78, 5) is -0.0268. The fraction of sp³-hybridized carbons (Fsp3) is 0.571. The lowest BCUT2D eigenvalue weighted by Gasteiger charge is -2.17. The first-order chi connectivity index (χ1) is 9.87. The predicted octanol–water partition coefficient (Wildman–Crippen LogP) is 2.31. The molecule has 0 amide bonds. The minimum absolute atomic E-state index is 0.0268. The molecule has 2 atom stereocenters. The van der Waals surface area contributed by atoms with Crippen LogP contribution in [-0.4, -0.2) is 26.7 Å². The van der Waals surface area contributed by atoms with Gasteiger partial charge < -0.3 is 9.84 Å². The van der Waals surface area contributed by atoms with Crippen LogP contribution in [0.3, 0.4) is 0 Å². The third kappa shape index (κ3) is 3.69. The maximum atomic E-state index is 12.6. The molecule has 2 unspecified atom stereocenters. The third-order valence-corrected chi connectivity index (χ3v) is 5.52. The standard InChI is InChI=1S/C14H20ClNO4S/c1-9-3-4-12(5-9)16-21(18,19)13-7-11(15)6-10(8-17)14(13)20-2/h6-7,9,12,16-17H,3-5,8H2,1-2H3. The van der Waals surface area contributed by atoms with Gasteiger partial charge in [-0.25, -0.2) is 13.1 Å². The second-order valence-electron chi connectivity index (χ2n) is 5.49. The van der Waals surface area contributed by atoms with E-state index in [4.69, 9.17) is 16.3 Å². The SMILES string of the molecule is COc1c(CO)cc(Cl)cc1S(=O)(=O)NC1CCC(C)C1. The molecule has 1 aliphatic carbocycles. The summed E-state index contributed by atoms with van der Waals surface area (Å²) < 4.78 is 33.0. The van der Waals surface area contributed by atoms with Crippen molar-refractivity contribution in [3.05, 3.63) is 22.7 Å². The van der Waals surface area contributed by atoms with Gasteiger partial charge in [0.25, 0.3) is 0 Å². The average molecular weight is 334 g/mol. The van der Waals surface area contributed by atoms with E-state index < -0.39 is 10.0 Å². The molecule has 2 rings (SSSR count). The second kappa shape index (κ2) is 6.52. The van der Waals surface area contributed by atoms with Crippen molar-refractivity contribution < 1.29 is 18.3 Å². The lowest BCUT2D eigenvalue weighted by Crippen LogP contribution is -2.33. The molecule has 0 heterocycles. The van der Waals surface area contributed by atoms with Crippen LogP contribution in [0, 0.1) is 5.92 Å². The van der Waals surface area contributed by atoms with E-state index in [-0.39, 0.29) is 28.3 Å². The van der Waals surface area contributed by atoms with E-state index in [1.54, 1.807) is 0 Å². The first-order valence-electron chi connectivity index (χ1n) is 6.87. The molecule has 1 aromatic rings. The number of nitrogens with one attached hydrogen (secondary N) is 1. The number of rotatable bonds is 5. The van der Waals surface area contributed by atoms with Gasteiger partial charge in [-0.3, -0.25) is 0 Å². The average Bonchev–Trinajstić information content (AvgIpc) is 2.82. The van der Waals surface area contributed by atoms with Crippen LogP contribution in [0.4, 0.5) is 0 Å². The van der Waals surface area contributed by atoms with Crippen LogP contribution in [0.25, 0.3) is 0 Å². The Balaban J connectivity index is 2.37. The van der Waals surface area contributed by atoms with Gasteiger partial charge in [-0.05, 0) is 37.3 Å². The van der Waals surface area contributed by atoms with Crippen molar-refractivity contribution in [3.8, 4) is 5.75 Å². The molecular weight excluding hydrogens is 314 g/mol. The Labute approximate surface area is 130 Å². The van der Waals surface area contributed by atoms with Gasteiger partial charge in [-0.2, -0.15) is 0 Å². The molecule has 0 bridgehead atoms. The Morgan fingerprint density at radius 1 is 1.43 bits per heavy atom. The topological polar surface area (TPSA) is 75.6 Å². The Morgan fingerprint density at radius 3 is 2.67 bits per heavy atom. The summed E-state index contributed by atoms with van der Waals surface area (Å²) in [6, 6.07) is 2.78. The quantitative estimate of drug-likeness (QED) is 0.867. The fourth-order valence-corrected chi connectivity index (χ4v) is 4.59. The molecule has 5 nitrogen and oxygen atoms in total. The zero-order valence-electron chi connectivity index (χ0n) is 12.1. The van der Waals surface area contributed by atoms with Crippen molar-refractivity contribution in [2.45, 2.75) is 43.7 Å². The summed E-state index contributed by atoms with van der Waals surface area (Å²) in [5.74, 6) is 0.660. The van der Waals surface area contributed by atoms with E-state index in [9.17, 15) is 13.5 Å². The van der Waals surface area contributed by atoms with Crippen LogP contribution < -0.4 is 9.46 Å². The lowest BCUT2D eigenvalue weighted by molar-refractivity contribution is 0.272. The monoisotopic (exact) mass is 333 g/mol. The molecular formula is C14H20ClNO4S. The molecule has 118 valence electrons. The van der Waals surface area contributed by atoms with Crippen molar-refractivity contribution in [1.29, 1.82) is 0 Å². The summed E-state index contributed by atoms with van der Waals surface area (Å²) in [7, 11) is -2.36. The molecule has 7 heteroatoms. The summed E-state index contributed by atoms with van der Waals surface area (Å²) >= 11 is 5.94. The summed E-state index contributed by atoms with van der Waals surface area (Å²) in [6.07, 6.45) is 2.67. The number of aliphatic hydroxyl groups excluding tert-OH is 1. The van der Waals surface area contributed by atoms with Gasteiger partial charge in [0.05, 0.1) is 13.7 Å². The molecule has 21 heavy (non-hydrogen) atoms. The Kier molecular flexibility index (Phi) is 5.14. The van der Waals surface area contributed by atoms with E-state index in [0.29, 0.717) is 11.5 Å². The van der Waals surface area contributed by atoms with Crippen molar-refractivity contribution in [2.75, 3.05) is 7.11 Å². The van der Waals surface area contributed by atoms with Gasteiger partial charge in [0.1, 0.15) is 10.6 Å². The van der Waals surface area contributed by atoms with E-state index >= 15 is 0 Å². The molecule has 0 saturated heterocycles. The van der Waals surface area contributed by atoms with Gasteiger partial charge in [0, 0.05) is 16.6 Å². The molecule has 0 radical (unpaired) electrons. The number of hydrogen-bond donors (Lipinski definition) is 2. The van der Waals surface area contributed by atoms with Crippen molar-refractivity contribution in [1.82, 2.24) is 4.72 Å². The number of hydrogen-bond acceptors (Lipinski definition) is 4. The van der Waals surface area contributed by atoms with Crippen molar-refractivity contribution >= 4 is 21.6 Å². The van der Waals surface area contributed by atoms with Crippen LogP contribution in [0.2, 0.25) is 5.02 Å². The molecule has 1 fully saturated rings. The maximum Gasteiger partial charge on any atom is 0.244 e. The Bertz CT molecular complexity index is 618. The molecule has 1 aliphatic rings. The number of sulfonamides is 1. The van der Waals surface area contributed by atoms with Crippen molar-refractivity contribution in [2.24, 2.45) is 5.92 Å². The first-order valence-corrected chi connectivity index (χ1v) is 8.73. The predicted molar refractivity (Wildman–Crippen MR) is 81.1 cm³/mol. The highest BCUT2D eigenvalue weighted by atomic mass is 35.5. The van der Waals surface area contributed by atoms with Gasteiger partial charge in [0.2, 0.25) is 10.0 Å². The highest BCUT2D eigenvalue weighted by Crippen LogP contribution is 2.33. The van der Waals surface area contributed by atoms with Gasteiger partial charge in [-0.15, -0.1) is 0 Å². The van der Waals surface area contributed by atoms with E-state index in [0.717, 1.165) is 19.3 Å². The zero-order chi connectivity index (χ0) is 15.6. The molecule has 0 spiro atoms. The number of halogens is 1. The van der Waals surface area contributed by atoms with Crippen LogP contribution >= 0.6 is 11.6 Å². The Morgan fingerprint density at radius 2 is 2.14 bits per heavy atom.